The number of allylic oxidation sites excluding steroid dienone is 1. The lowest BCUT2D eigenvalue weighted by Crippen LogP contribution is -2.57. The second-order valence-corrected chi connectivity index (χ2v) is 18.2. The predicted molar refractivity (Wildman–Crippen MR) is 225 cm³/mol. The third-order valence-corrected chi connectivity index (χ3v) is 10.5. The SMILES string of the molecule is CCC[C@@H]1NC(=O)[C@@H](NC(=O)[C@@H](NC(=O)OC(C)(C)C)C(C)(C)C)c2ccc(Oc3cc(-c4ccccc4)nc4cc(OC)ccc34)c(c2)C/C=C/CS(=O)(=O)NC1=O. The number of aromatic nitrogens is 1. The quantitative estimate of drug-likeness (QED) is 0.133. The molecule has 0 aliphatic carbocycles. The summed E-state index contributed by atoms with van der Waals surface area (Å²) in [5, 5.41) is 8.82. The van der Waals surface area contributed by atoms with E-state index in [1.165, 1.54) is 6.08 Å². The van der Waals surface area contributed by atoms with E-state index in [9.17, 15) is 27.6 Å². The van der Waals surface area contributed by atoms with E-state index in [2.05, 4.69) is 20.7 Å². The monoisotopic (exact) mass is 827 g/mol. The van der Waals surface area contributed by atoms with Gasteiger partial charge >= 0.3 is 6.09 Å². The summed E-state index contributed by atoms with van der Waals surface area (Å²) in [6.45, 7) is 12.1. The maximum absolute atomic E-state index is 14.3. The topological polar surface area (TPSA) is 191 Å². The van der Waals surface area contributed by atoms with E-state index in [-0.39, 0.29) is 12.8 Å². The number of carbonyl (C=O) groups is 4. The van der Waals surface area contributed by atoms with Crippen molar-refractivity contribution in [1.29, 1.82) is 0 Å². The smallest absolute Gasteiger partial charge is 0.408 e. The number of hydrogen-bond donors (Lipinski definition) is 4. The van der Waals surface area contributed by atoms with Gasteiger partial charge in [-0.25, -0.2) is 18.2 Å². The van der Waals surface area contributed by atoms with E-state index in [0.29, 0.717) is 51.4 Å². The molecular formula is C44H53N5O9S. The molecular weight excluding hydrogens is 775 g/mol. The van der Waals surface area contributed by atoms with Crippen molar-refractivity contribution >= 4 is 44.7 Å². The molecule has 4 N–H and O–H groups in total. The van der Waals surface area contributed by atoms with Gasteiger partial charge in [0.2, 0.25) is 21.8 Å². The van der Waals surface area contributed by atoms with Gasteiger partial charge in [-0.2, -0.15) is 0 Å². The van der Waals surface area contributed by atoms with E-state index in [0.717, 1.165) is 5.56 Å². The second-order valence-electron chi connectivity index (χ2n) is 16.4. The third kappa shape index (κ3) is 11.8. The standard InChI is InChI=1S/C44H53N5O9S/c1-9-15-32-39(50)49-59(54,55)23-14-13-18-28-24-29(37(40(51)46-32)47-41(52)38(43(2,3)4)48-42(53)58-44(5,6)7)19-22-35(28)57-36-26-33(27-16-11-10-12-17-27)45-34-25-30(56-8)20-21-31(34)36/h10-14,16-17,19-22,24-26,32,37-38H,9,15,18,23H2,1-8H3,(H,46,51)(H,47,52)(H,48,53)(H,49,50)/b14-13+/t32-,37-,38+/m0/s1. The Morgan fingerprint density at radius 3 is 2.31 bits per heavy atom. The van der Waals surface area contributed by atoms with Gasteiger partial charge in [-0.1, -0.05) is 82.7 Å². The number of hydrogen-bond acceptors (Lipinski definition) is 10. The number of pyridine rings is 1. The van der Waals surface area contributed by atoms with Crippen molar-refractivity contribution in [3.8, 4) is 28.5 Å². The van der Waals surface area contributed by atoms with Crippen molar-refractivity contribution in [2.75, 3.05) is 12.9 Å². The summed E-state index contributed by atoms with van der Waals surface area (Å²) < 4.78 is 45.7. The number of fused-ring (bicyclic) bond motifs is 3. The third-order valence-electron chi connectivity index (χ3n) is 9.31. The fourth-order valence-electron chi connectivity index (χ4n) is 6.41. The number of benzene rings is 3. The molecule has 0 spiro atoms. The second kappa shape index (κ2) is 18.3. The molecule has 0 saturated heterocycles. The van der Waals surface area contributed by atoms with Crippen LogP contribution in [0.1, 0.15) is 78.5 Å². The molecule has 2 heterocycles. The van der Waals surface area contributed by atoms with Gasteiger partial charge in [-0.3, -0.25) is 19.1 Å². The van der Waals surface area contributed by atoms with Crippen LogP contribution in [0.5, 0.6) is 17.2 Å². The first kappa shape index (κ1) is 44.1. The zero-order valence-electron chi connectivity index (χ0n) is 34.7. The summed E-state index contributed by atoms with van der Waals surface area (Å²) in [5.41, 5.74) is 1.33. The summed E-state index contributed by atoms with van der Waals surface area (Å²) in [6.07, 6.45) is 2.92. The first-order valence-electron chi connectivity index (χ1n) is 19.4. The lowest BCUT2D eigenvalue weighted by atomic mass is 9.86. The van der Waals surface area contributed by atoms with Crippen molar-refractivity contribution in [1.82, 2.24) is 25.7 Å². The van der Waals surface area contributed by atoms with Gasteiger partial charge in [-0.05, 0) is 74.4 Å². The molecule has 59 heavy (non-hydrogen) atoms. The zero-order valence-corrected chi connectivity index (χ0v) is 35.5. The van der Waals surface area contributed by atoms with Crippen molar-refractivity contribution < 1.29 is 41.8 Å². The van der Waals surface area contributed by atoms with Crippen LogP contribution in [-0.4, -0.2) is 67.8 Å². The lowest BCUT2D eigenvalue weighted by molar-refractivity contribution is -0.133. The summed E-state index contributed by atoms with van der Waals surface area (Å²) in [4.78, 5) is 59.6. The minimum atomic E-state index is -4.13. The molecule has 1 aliphatic heterocycles. The molecule has 4 aromatic rings. The number of nitrogens with one attached hydrogen (secondary N) is 4. The molecule has 5 rings (SSSR count). The van der Waals surface area contributed by atoms with Gasteiger partial charge in [0.15, 0.2) is 0 Å². The molecule has 3 aromatic carbocycles. The van der Waals surface area contributed by atoms with Gasteiger partial charge in [0.25, 0.3) is 5.91 Å². The van der Waals surface area contributed by atoms with Crippen molar-refractivity contribution in [2.24, 2.45) is 5.41 Å². The Kier molecular flexibility index (Phi) is 13.7. The van der Waals surface area contributed by atoms with Crippen LogP contribution >= 0.6 is 0 Å². The molecule has 1 aliphatic rings. The van der Waals surface area contributed by atoms with E-state index in [1.54, 1.807) is 85.9 Å². The molecule has 0 saturated carbocycles. The summed E-state index contributed by atoms with van der Waals surface area (Å²) in [6, 6.07) is 18.1. The Morgan fingerprint density at radius 2 is 1.64 bits per heavy atom. The average Bonchev–Trinajstić information content (AvgIpc) is 3.16. The minimum Gasteiger partial charge on any atom is -0.497 e. The van der Waals surface area contributed by atoms with Gasteiger partial charge in [0.1, 0.15) is 41.0 Å². The Bertz CT molecular complexity index is 2330. The largest absolute Gasteiger partial charge is 0.497 e. The van der Waals surface area contributed by atoms with Crippen LogP contribution in [0.4, 0.5) is 4.79 Å². The molecule has 4 amide bonds. The van der Waals surface area contributed by atoms with E-state index >= 15 is 0 Å². The van der Waals surface area contributed by atoms with Crippen molar-refractivity contribution in [3.63, 3.8) is 0 Å². The number of amides is 4. The van der Waals surface area contributed by atoms with Gasteiger partial charge < -0.3 is 30.2 Å². The highest BCUT2D eigenvalue weighted by atomic mass is 32.2. The van der Waals surface area contributed by atoms with Crippen LogP contribution in [0.3, 0.4) is 0 Å². The molecule has 0 fully saturated rings. The van der Waals surface area contributed by atoms with Crippen LogP contribution in [0.15, 0.2) is 84.9 Å². The maximum Gasteiger partial charge on any atom is 0.408 e. The van der Waals surface area contributed by atoms with E-state index < -0.39 is 68.7 Å². The fourth-order valence-corrected chi connectivity index (χ4v) is 7.33. The molecule has 1 aromatic heterocycles. The Morgan fingerprint density at radius 1 is 0.915 bits per heavy atom. The Balaban J connectivity index is 1.63. The summed E-state index contributed by atoms with van der Waals surface area (Å²) in [7, 11) is -2.56. The van der Waals surface area contributed by atoms with Gasteiger partial charge in [-0.15, -0.1) is 0 Å². The fraction of sp³-hybridized carbons (Fsp3) is 0.386. The van der Waals surface area contributed by atoms with Crippen LogP contribution < -0.4 is 30.1 Å². The van der Waals surface area contributed by atoms with Crippen molar-refractivity contribution in [3.05, 3.63) is 96.1 Å². The average molecular weight is 828 g/mol. The summed E-state index contributed by atoms with van der Waals surface area (Å²) in [5.74, 6) is -1.40. The van der Waals surface area contributed by atoms with Crippen molar-refractivity contribution in [2.45, 2.75) is 91.5 Å². The van der Waals surface area contributed by atoms with E-state index in [4.69, 9.17) is 19.2 Å². The number of methoxy groups -OCH3 is 1. The molecule has 14 nitrogen and oxygen atoms in total. The Hall–Kier alpha value is -5.96. The highest BCUT2D eigenvalue weighted by Crippen LogP contribution is 2.37. The first-order valence-corrected chi connectivity index (χ1v) is 21.1. The number of carbonyl (C=O) groups excluding carboxylic acids is 4. The molecule has 0 radical (unpaired) electrons. The van der Waals surface area contributed by atoms with Crippen LogP contribution in [0.2, 0.25) is 0 Å². The predicted octanol–water partition coefficient (Wildman–Crippen LogP) is 6.64. The highest BCUT2D eigenvalue weighted by Gasteiger charge is 2.37. The van der Waals surface area contributed by atoms with Gasteiger partial charge in [0, 0.05) is 23.1 Å². The van der Waals surface area contributed by atoms with Crippen LogP contribution in [0.25, 0.3) is 22.2 Å². The number of rotatable bonds is 9. The molecule has 2 bridgehead atoms. The van der Waals surface area contributed by atoms with Gasteiger partial charge in [0.05, 0.1) is 24.1 Å². The molecule has 0 unspecified atom stereocenters. The van der Waals surface area contributed by atoms with Crippen LogP contribution in [-0.2, 0) is 35.6 Å². The first-order chi connectivity index (χ1) is 27.8. The number of ether oxygens (including phenoxy) is 3. The zero-order chi connectivity index (χ0) is 43.1. The maximum atomic E-state index is 14.3. The highest BCUT2D eigenvalue weighted by molar-refractivity contribution is 7.90. The van der Waals surface area contributed by atoms with Crippen LogP contribution in [0, 0.1) is 5.41 Å². The Labute approximate surface area is 345 Å². The van der Waals surface area contributed by atoms with E-state index in [1.807, 2.05) is 48.5 Å². The molecule has 314 valence electrons. The lowest BCUT2D eigenvalue weighted by Gasteiger charge is -2.33. The normalized spacial score (nSPS) is 18.3. The number of alkyl carbamates (subject to hydrolysis) is 1. The molecule has 3 atom stereocenters. The number of sulfonamides is 1. The molecule has 15 heteroatoms. The summed E-state index contributed by atoms with van der Waals surface area (Å²) >= 11 is 0. The minimum absolute atomic E-state index is 0.114. The number of nitrogens with zero attached hydrogens (tertiary/aromatic N) is 1.